The molecule has 1 heterocycles. The third-order valence-electron chi connectivity index (χ3n) is 3.93. The number of aromatic nitrogens is 1. The predicted octanol–water partition coefficient (Wildman–Crippen LogP) is 4.70. The maximum Gasteiger partial charge on any atom is 0.260 e. The predicted molar refractivity (Wildman–Crippen MR) is 118 cm³/mol. The highest BCUT2D eigenvalue weighted by Crippen LogP contribution is 2.34. The summed E-state index contributed by atoms with van der Waals surface area (Å²) in [7, 11) is 5.61. The molecule has 1 aromatic heterocycles. The zero-order valence-electron chi connectivity index (χ0n) is 15.3. The molecule has 2 aromatic carbocycles. The van der Waals surface area contributed by atoms with Gasteiger partial charge in [-0.3, -0.25) is 9.69 Å². The van der Waals surface area contributed by atoms with Gasteiger partial charge < -0.3 is 9.64 Å². The van der Waals surface area contributed by atoms with Crippen LogP contribution in [-0.2, 0) is 0 Å². The Kier molecular flexibility index (Phi) is 7.61. The fraction of sp³-hybridized carbons (Fsp3) is 0.263. The fourth-order valence-corrected chi connectivity index (χ4v) is 3.80. The van der Waals surface area contributed by atoms with Gasteiger partial charge in [-0.1, -0.05) is 33.3 Å². The quantitative estimate of drug-likeness (QED) is 0.524. The number of hydrogen-bond donors (Lipinski definition) is 0. The van der Waals surface area contributed by atoms with Gasteiger partial charge in [-0.2, -0.15) is 0 Å². The van der Waals surface area contributed by atoms with Gasteiger partial charge in [0.1, 0.15) is 11.3 Å². The number of anilines is 1. The second-order valence-electron chi connectivity index (χ2n) is 6.07. The van der Waals surface area contributed by atoms with E-state index in [9.17, 15) is 4.79 Å². The SMILES string of the molecule is COc1cccc2sc(N(CCN(C)C)C(=O)c3ccc(Br)cc3)nc12.Cl. The van der Waals surface area contributed by atoms with E-state index >= 15 is 0 Å². The van der Waals surface area contributed by atoms with E-state index in [0.717, 1.165) is 21.2 Å². The molecule has 0 radical (unpaired) electrons. The van der Waals surface area contributed by atoms with Crippen molar-refractivity contribution in [1.82, 2.24) is 9.88 Å². The zero-order valence-corrected chi connectivity index (χ0v) is 18.5. The van der Waals surface area contributed by atoms with Gasteiger partial charge in [-0.15, -0.1) is 12.4 Å². The summed E-state index contributed by atoms with van der Waals surface area (Å²) in [5.74, 6) is 0.658. The molecule has 8 heteroatoms. The minimum Gasteiger partial charge on any atom is -0.494 e. The Labute approximate surface area is 177 Å². The molecule has 0 bridgehead atoms. The minimum atomic E-state index is -0.0580. The number of nitrogens with zero attached hydrogens (tertiary/aromatic N) is 3. The molecule has 0 fully saturated rings. The van der Waals surface area contributed by atoms with E-state index in [1.54, 1.807) is 12.0 Å². The number of amides is 1. The van der Waals surface area contributed by atoms with Crippen molar-refractivity contribution < 1.29 is 9.53 Å². The van der Waals surface area contributed by atoms with Crippen LogP contribution in [-0.4, -0.2) is 50.1 Å². The van der Waals surface area contributed by atoms with E-state index in [2.05, 4.69) is 20.8 Å². The molecule has 0 aliphatic heterocycles. The lowest BCUT2D eigenvalue weighted by atomic mass is 10.2. The van der Waals surface area contributed by atoms with Gasteiger partial charge in [0.25, 0.3) is 5.91 Å². The molecule has 0 saturated carbocycles. The number of methoxy groups -OCH3 is 1. The molecule has 0 unspecified atom stereocenters. The largest absolute Gasteiger partial charge is 0.494 e. The van der Waals surface area contributed by atoms with Gasteiger partial charge in [-0.25, -0.2) is 4.98 Å². The van der Waals surface area contributed by atoms with E-state index in [-0.39, 0.29) is 18.3 Å². The molecule has 0 aliphatic rings. The third kappa shape index (κ3) is 4.99. The lowest BCUT2D eigenvalue weighted by molar-refractivity contribution is 0.0985. The summed E-state index contributed by atoms with van der Waals surface area (Å²) in [5.41, 5.74) is 1.42. The summed E-state index contributed by atoms with van der Waals surface area (Å²) in [5, 5.41) is 0.680. The number of carbonyl (C=O) groups excluding carboxylic acids is 1. The van der Waals surface area contributed by atoms with E-state index in [0.29, 0.717) is 23.0 Å². The maximum absolute atomic E-state index is 13.1. The first-order valence-corrected chi connectivity index (χ1v) is 9.76. The molecular formula is C19H21BrClN3O2S. The number of hydrogen-bond acceptors (Lipinski definition) is 5. The first-order valence-electron chi connectivity index (χ1n) is 8.15. The smallest absolute Gasteiger partial charge is 0.260 e. The number of fused-ring (bicyclic) bond motifs is 1. The van der Waals surface area contributed by atoms with Crippen LogP contribution < -0.4 is 9.64 Å². The van der Waals surface area contributed by atoms with Crippen LogP contribution in [0.2, 0.25) is 0 Å². The highest BCUT2D eigenvalue weighted by atomic mass is 79.9. The van der Waals surface area contributed by atoms with Gasteiger partial charge in [0.05, 0.1) is 11.8 Å². The van der Waals surface area contributed by atoms with Crippen molar-refractivity contribution in [3.05, 3.63) is 52.5 Å². The molecule has 1 amide bonds. The van der Waals surface area contributed by atoms with Crippen molar-refractivity contribution in [1.29, 1.82) is 0 Å². The van der Waals surface area contributed by atoms with Gasteiger partial charge >= 0.3 is 0 Å². The van der Waals surface area contributed by atoms with Crippen LogP contribution in [0.25, 0.3) is 10.2 Å². The molecule has 3 aromatic rings. The average Bonchev–Trinajstić information content (AvgIpc) is 3.05. The van der Waals surface area contributed by atoms with Crippen molar-refractivity contribution in [3.63, 3.8) is 0 Å². The molecule has 0 atom stereocenters. The summed E-state index contributed by atoms with van der Waals surface area (Å²) in [6.07, 6.45) is 0. The first kappa shape index (κ1) is 21.6. The minimum absolute atomic E-state index is 0. The Hall–Kier alpha value is -1.67. The van der Waals surface area contributed by atoms with E-state index < -0.39 is 0 Å². The Balaban J connectivity index is 0.00000261. The fourth-order valence-electron chi connectivity index (χ4n) is 2.52. The first-order chi connectivity index (χ1) is 12.5. The number of carbonyl (C=O) groups is 1. The van der Waals surface area contributed by atoms with Crippen LogP contribution >= 0.6 is 39.7 Å². The summed E-state index contributed by atoms with van der Waals surface area (Å²) in [6, 6.07) is 13.2. The Morgan fingerprint density at radius 2 is 1.85 bits per heavy atom. The standard InChI is InChI=1S/C19H20BrN3O2S.ClH/c1-22(2)11-12-23(18(24)13-7-9-14(20)10-8-13)19-21-17-15(25-3)5-4-6-16(17)26-19;/h4-10H,11-12H2,1-3H3;1H. The molecule has 144 valence electrons. The molecule has 0 saturated heterocycles. The Morgan fingerprint density at radius 3 is 2.48 bits per heavy atom. The average molecular weight is 471 g/mol. The number of rotatable bonds is 6. The van der Waals surface area contributed by atoms with E-state index in [4.69, 9.17) is 9.72 Å². The lowest BCUT2D eigenvalue weighted by Gasteiger charge is -2.22. The number of likely N-dealkylation sites (N-methyl/N-ethyl adjacent to an activating group) is 1. The van der Waals surface area contributed by atoms with Crippen LogP contribution in [0.4, 0.5) is 5.13 Å². The van der Waals surface area contributed by atoms with Gasteiger partial charge in [-0.05, 0) is 50.5 Å². The van der Waals surface area contributed by atoms with Crippen LogP contribution in [0, 0.1) is 0 Å². The van der Waals surface area contributed by atoms with Crippen LogP contribution in [0.5, 0.6) is 5.75 Å². The number of halogens is 2. The zero-order chi connectivity index (χ0) is 18.7. The second kappa shape index (κ2) is 9.50. The van der Waals surface area contributed by atoms with Crippen LogP contribution in [0.1, 0.15) is 10.4 Å². The van der Waals surface area contributed by atoms with E-state index in [1.165, 1.54) is 11.3 Å². The van der Waals surface area contributed by atoms with Crippen molar-refractivity contribution >= 4 is 60.9 Å². The summed E-state index contributed by atoms with van der Waals surface area (Å²) in [4.78, 5) is 21.6. The summed E-state index contributed by atoms with van der Waals surface area (Å²) >= 11 is 4.91. The lowest BCUT2D eigenvalue weighted by Crippen LogP contribution is -2.36. The number of para-hydroxylation sites is 1. The van der Waals surface area contributed by atoms with Gasteiger partial charge in [0.15, 0.2) is 5.13 Å². The van der Waals surface area contributed by atoms with Crippen molar-refractivity contribution in [2.45, 2.75) is 0 Å². The van der Waals surface area contributed by atoms with Gasteiger partial charge in [0, 0.05) is 23.1 Å². The summed E-state index contributed by atoms with van der Waals surface area (Å²) < 4.78 is 7.35. The molecule has 0 N–H and O–H groups in total. The highest BCUT2D eigenvalue weighted by molar-refractivity contribution is 9.10. The second-order valence-corrected chi connectivity index (χ2v) is 8.00. The summed E-state index contributed by atoms with van der Waals surface area (Å²) in [6.45, 7) is 1.30. The number of thiazole rings is 1. The number of benzene rings is 2. The molecule has 3 rings (SSSR count). The van der Waals surface area contributed by atoms with E-state index in [1.807, 2.05) is 56.6 Å². The molecule has 0 spiro atoms. The van der Waals surface area contributed by atoms with Crippen molar-refractivity contribution in [3.8, 4) is 5.75 Å². The molecular weight excluding hydrogens is 450 g/mol. The monoisotopic (exact) mass is 469 g/mol. The molecule has 5 nitrogen and oxygen atoms in total. The Bertz CT molecular complexity index is 915. The normalized spacial score (nSPS) is 10.7. The molecule has 27 heavy (non-hydrogen) atoms. The topological polar surface area (TPSA) is 45.7 Å². The third-order valence-corrected chi connectivity index (χ3v) is 5.50. The highest BCUT2D eigenvalue weighted by Gasteiger charge is 2.22. The van der Waals surface area contributed by atoms with Crippen molar-refractivity contribution in [2.75, 3.05) is 39.2 Å². The Morgan fingerprint density at radius 1 is 1.15 bits per heavy atom. The van der Waals surface area contributed by atoms with Crippen LogP contribution in [0.15, 0.2) is 46.9 Å². The van der Waals surface area contributed by atoms with Gasteiger partial charge in [0.2, 0.25) is 0 Å². The maximum atomic E-state index is 13.1. The van der Waals surface area contributed by atoms with Crippen molar-refractivity contribution in [2.24, 2.45) is 0 Å². The molecule has 0 aliphatic carbocycles. The number of ether oxygens (including phenoxy) is 1. The van der Waals surface area contributed by atoms with Crippen LogP contribution in [0.3, 0.4) is 0 Å².